The molecule has 1 heterocycles. The quantitative estimate of drug-likeness (QED) is 0.921. The van der Waals surface area contributed by atoms with Crippen molar-refractivity contribution < 1.29 is 5.11 Å². The summed E-state index contributed by atoms with van der Waals surface area (Å²) in [6.07, 6.45) is 8.56. The summed E-state index contributed by atoms with van der Waals surface area (Å²) in [5, 5.41) is 14.5. The molecule has 0 bridgehead atoms. The molecule has 114 valence electrons. The Labute approximate surface area is 122 Å². The van der Waals surface area contributed by atoms with Crippen LogP contribution in [-0.4, -0.2) is 39.5 Å². The lowest BCUT2D eigenvalue weighted by molar-refractivity contribution is 0.0501. The molecule has 0 spiro atoms. The van der Waals surface area contributed by atoms with Gasteiger partial charge in [-0.3, -0.25) is 4.68 Å². The second-order valence-electron chi connectivity index (χ2n) is 7.27. The van der Waals surface area contributed by atoms with E-state index >= 15 is 0 Å². The standard InChI is InChI=1S/C16H29N3O/c1-16(2,3)19-11-13(9-17-19)10-18(4)12-14-7-5-6-8-15(14)20/h9,11,14-15,20H,5-8,10,12H2,1-4H3. The van der Waals surface area contributed by atoms with Gasteiger partial charge < -0.3 is 10.0 Å². The number of nitrogens with zero attached hydrogens (tertiary/aromatic N) is 3. The fraction of sp³-hybridized carbons (Fsp3) is 0.812. The van der Waals surface area contributed by atoms with Gasteiger partial charge >= 0.3 is 0 Å². The molecule has 0 amide bonds. The van der Waals surface area contributed by atoms with E-state index in [-0.39, 0.29) is 11.6 Å². The highest BCUT2D eigenvalue weighted by atomic mass is 16.3. The normalized spacial score (nSPS) is 24.3. The lowest BCUT2D eigenvalue weighted by Crippen LogP contribution is -2.34. The average Bonchev–Trinajstić information content (AvgIpc) is 2.80. The van der Waals surface area contributed by atoms with Crippen LogP contribution >= 0.6 is 0 Å². The number of aromatic nitrogens is 2. The Morgan fingerprint density at radius 3 is 2.65 bits per heavy atom. The maximum absolute atomic E-state index is 10.1. The molecule has 2 atom stereocenters. The van der Waals surface area contributed by atoms with Crippen molar-refractivity contribution >= 4 is 0 Å². The molecule has 1 aromatic heterocycles. The Bertz CT molecular complexity index is 422. The monoisotopic (exact) mass is 279 g/mol. The van der Waals surface area contributed by atoms with Gasteiger partial charge in [0.1, 0.15) is 0 Å². The second-order valence-corrected chi connectivity index (χ2v) is 7.27. The van der Waals surface area contributed by atoms with E-state index in [4.69, 9.17) is 0 Å². The minimum absolute atomic E-state index is 0.0381. The van der Waals surface area contributed by atoms with Gasteiger partial charge in [-0.15, -0.1) is 0 Å². The van der Waals surface area contributed by atoms with Gasteiger partial charge in [0.15, 0.2) is 0 Å². The van der Waals surface area contributed by atoms with Gasteiger partial charge in [0.05, 0.1) is 17.8 Å². The molecule has 0 aliphatic heterocycles. The van der Waals surface area contributed by atoms with E-state index in [1.54, 1.807) is 0 Å². The molecule has 0 radical (unpaired) electrons. The molecule has 4 heteroatoms. The van der Waals surface area contributed by atoms with Crippen molar-refractivity contribution in [3.63, 3.8) is 0 Å². The smallest absolute Gasteiger partial charge is 0.0580 e. The maximum Gasteiger partial charge on any atom is 0.0580 e. The van der Waals surface area contributed by atoms with Gasteiger partial charge in [-0.25, -0.2) is 0 Å². The highest BCUT2D eigenvalue weighted by Crippen LogP contribution is 2.25. The average molecular weight is 279 g/mol. The molecule has 2 unspecified atom stereocenters. The third-order valence-corrected chi connectivity index (χ3v) is 4.19. The Kier molecular flexibility index (Phi) is 4.86. The van der Waals surface area contributed by atoms with Crippen LogP contribution in [0.5, 0.6) is 0 Å². The number of hydrogen-bond donors (Lipinski definition) is 1. The van der Waals surface area contributed by atoms with E-state index in [2.05, 4.69) is 44.0 Å². The fourth-order valence-corrected chi connectivity index (χ4v) is 2.99. The van der Waals surface area contributed by atoms with E-state index in [1.807, 2.05) is 10.9 Å². The lowest BCUT2D eigenvalue weighted by Gasteiger charge is -2.31. The second kappa shape index (κ2) is 6.27. The molecule has 1 fully saturated rings. The first-order valence-electron chi connectivity index (χ1n) is 7.77. The van der Waals surface area contributed by atoms with Gasteiger partial charge in [-0.05, 0) is 46.6 Å². The van der Waals surface area contributed by atoms with E-state index in [0.717, 1.165) is 25.9 Å². The van der Waals surface area contributed by atoms with Crippen LogP contribution in [0.3, 0.4) is 0 Å². The highest BCUT2D eigenvalue weighted by molar-refractivity contribution is 5.05. The largest absolute Gasteiger partial charge is 0.393 e. The van der Waals surface area contributed by atoms with Crippen LogP contribution < -0.4 is 0 Å². The van der Waals surface area contributed by atoms with Crippen molar-refractivity contribution in [3.8, 4) is 0 Å². The summed E-state index contributed by atoms with van der Waals surface area (Å²) in [7, 11) is 2.13. The van der Waals surface area contributed by atoms with Gasteiger partial charge in [-0.2, -0.15) is 5.10 Å². The van der Waals surface area contributed by atoms with Crippen LogP contribution in [-0.2, 0) is 12.1 Å². The van der Waals surface area contributed by atoms with Crippen molar-refractivity contribution in [2.24, 2.45) is 5.92 Å². The number of rotatable bonds is 4. The topological polar surface area (TPSA) is 41.3 Å². The molecule has 1 aromatic rings. The summed E-state index contributed by atoms with van der Waals surface area (Å²) in [6.45, 7) is 8.35. The Hall–Kier alpha value is -0.870. The third kappa shape index (κ3) is 4.06. The van der Waals surface area contributed by atoms with Crippen LogP contribution in [0, 0.1) is 5.92 Å². The van der Waals surface area contributed by atoms with Crippen molar-refractivity contribution in [3.05, 3.63) is 18.0 Å². The van der Waals surface area contributed by atoms with Crippen molar-refractivity contribution in [1.82, 2.24) is 14.7 Å². The SMILES string of the molecule is CN(Cc1cnn(C(C)(C)C)c1)CC1CCCCC1O. The van der Waals surface area contributed by atoms with E-state index in [0.29, 0.717) is 5.92 Å². The predicted octanol–water partition coefficient (Wildman–Crippen LogP) is 2.62. The lowest BCUT2D eigenvalue weighted by atomic mass is 9.86. The van der Waals surface area contributed by atoms with Crippen LogP contribution in [0.25, 0.3) is 0 Å². The zero-order valence-corrected chi connectivity index (χ0v) is 13.3. The molecule has 0 saturated heterocycles. The number of hydrogen-bond acceptors (Lipinski definition) is 3. The molecule has 0 aromatic carbocycles. The highest BCUT2D eigenvalue weighted by Gasteiger charge is 2.24. The zero-order chi connectivity index (χ0) is 14.8. The minimum Gasteiger partial charge on any atom is -0.393 e. The van der Waals surface area contributed by atoms with Crippen molar-refractivity contribution in [2.75, 3.05) is 13.6 Å². The van der Waals surface area contributed by atoms with E-state index in [9.17, 15) is 5.11 Å². The molecule has 1 saturated carbocycles. The Morgan fingerprint density at radius 1 is 1.35 bits per heavy atom. The molecule has 1 N–H and O–H groups in total. The third-order valence-electron chi connectivity index (χ3n) is 4.19. The maximum atomic E-state index is 10.1. The van der Waals surface area contributed by atoms with Gasteiger partial charge in [0.25, 0.3) is 0 Å². The molecule has 2 rings (SSSR count). The molecule has 4 nitrogen and oxygen atoms in total. The number of aliphatic hydroxyl groups excluding tert-OH is 1. The summed E-state index contributed by atoms with van der Waals surface area (Å²) in [5.41, 5.74) is 1.28. The predicted molar refractivity (Wildman–Crippen MR) is 81.5 cm³/mol. The van der Waals surface area contributed by atoms with E-state index in [1.165, 1.54) is 18.4 Å². The van der Waals surface area contributed by atoms with Crippen molar-refractivity contribution in [1.29, 1.82) is 0 Å². The molecule has 20 heavy (non-hydrogen) atoms. The summed E-state index contributed by atoms with van der Waals surface area (Å²) < 4.78 is 2.02. The fourth-order valence-electron chi connectivity index (χ4n) is 2.99. The van der Waals surface area contributed by atoms with Crippen LogP contribution in [0.1, 0.15) is 52.0 Å². The molecular weight excluding hydrogens is 250 g/mol. The first-order chi connectivity index (χ1) is 9.36. The summed E-state index contributed by atoms with van der Waals surface area (Å²) in [4.78, 5) is 2.31. The zero-order valence-electron chi connectivity index (χ0n) is 13.3. The molecule has 1 aliphatic carbocycles. The first kappa shape index (κ1) is 15.5. The molecule has 1 aliphatic rings. The Balaban J connectivity index is 1.88. The summed E-state index contributed by atoms with van der Waals surface area (Å²) in [5.74, 6) is 0.436. The van der Waals surface area contributed by atoms with Crippen LogP contribution in [0.4, 0.5) is 0 Å². The molecular formula is C16H29N3O. The summed E-state index contributed by atoms with van der Waals surface area (Å²) >= 11 is 0. The first-order valence-corrected chi connectivity index (χ1v) is 7.77. The summed E-state index contributed by atoms with van der Waals surface area (Å²) in [6, 6.07) is 0. The van der Waals surface area contributed by atoms with Crippen molar-refractivity contribution in [2.45, 2.75) is 64.6 Å². The minimum atomic E-state index is -0.108. The van der Waals surface area contributed by atoms with E-state index < -0.39 is 0 Å². The van der Waals surface area contributed by atoms with Gasteiger partial charge in [0.2, 0.25) is 0 Å². The van der Waals surface area contributed by atoms with Crippen LogP contribution in [0.2, 0.25) is 0 Å². The van der Waals surface area contributed by atoms with Crippen LogP contribution in [0.15, 0.2) is 12.4 Å². The van der Waals surface area contributed by atoms with Gasteiger partial charge in [0, 0.05) is 24.8 Å². The number of aliphatic hydroxyl groups is 1. The van der Waals surface area contributed by atoms with Gasteiger partial charge in [-0.1, -0.05) is 12.8 Å². The Morgan fingerprint density at radius 2 is 2.05 bits per heavy atom.